The van der Waals surface area contributed by atoms with Crippen LogP contribution in [0, 0.1) is 11.6 Å². The number of aromatic nitrogens is 1. The number of rotatable bonds is 3. The third-order valence-electron chi connectivity index (χ3n) is 2.20. The topological polar surface area (TPSA) is 48.1 Å². The molecule has 0 aliphatic carbocycles. The van der Waals surface area contributed by atoms with Crippen LogP contribution < -0.4 is 10.5 Å². The van der Waals surface area contributed by atoms with E-state index in [2.05, 4.69) is 4.98 Å². The van der Waals surface area contributed by atoms with Crippen LogP contribution in [-0.4, -0.2) is 4.98 Å². The minimum Gasteiger partial charge on any atom is -0.486 e. The van der Waals surface area contributed by atoms with Gasteiger partial charge in [-0.1, -0.05) is 6.07 Å². The standard InChI is InChI=1S/C12H10F2N2O/c13-9-3-4-11(10(14)6-9)17-7-8-2-1-5-16-12(8)15/h1-6H,7H2,(H2,15,16). The lowest BCUT2D eigenvalue weighted by molar-refractivity contribution is 0.289. The molecule has 1 aromatic heterocycles. The molecule has 3 nitrogen and oxygen atoms in total. The summed E-state index contributed by atoms with van der Waals surface area (Å²) in [7, 11) is 0. The highest BCUT2D eigenvalue weighted by atomic mass is 19.1. The quantitative estimate of drug-likeness (QED) is 0.890. The Morgan fingerprint density at radius 3 is 2.76 bits per heavy atom. The fourth-order valence-electron chi connectivity index (χ4n) is 1.32. The van der Waals surface area contributed by atoms with Crippen LogP contribution in [0.3, 0.4) is 0 Å². The van der Waals surface area contributed by atoms with Gasteiger partial charge in [0.25, 0.3) is 0 Å². The van der Waals surface area contributed by atoms with Crippen LogP contribution in [-0.2, 0) is 6.61 Å². The van der Waals surface area contributed by atoms with E-state index in [4.69, 9.17) is 10.5 Å². The summed E-state index contributed by atoms with van der Waals surface area (Å²) in [4.78, 5) is 3.87. The van der Waals surface area contributed by atoms with Gasteiger partial charge in [0.05, 0.1) is 0 Å². The van der Waals surface area contributed by atoms with Gasteiger partial charge in [0.1, 0.15) is 18.2 Å². The first-order chi connectivity index (χ1) is 8.16. The van der Waals surface area contributed by atoms with Gasteiger partial charge in [0, 0.05) is 17.8 Å². The van der Waals surface area contributed by atoms with Crippen molar-refractivity contribution in [2.24, 2.45) is 0 Å². The molecule has 1 heterocycles. The first kappa shape index (κ1) is 11.3. The Balaban J connectivity index is 2.10. The maximum Gasteiger partial charge on any atom is 0.167 e. The van der Waals surface area contributed by atoms with E-state index in [1.807, 2.05) is 0 Å². The van der Waals surface area contributed by atoms with Crippen molar-refractivity contribution in [1.82, 2.24) is 4.98 Å². The van der Waals surface area contributed by atoms with Gasteiger partial charge in [-0.25, -0.2) is 13.8 Å². The number of nitrogens with zero attached hydrogens (tertiary/aromatic N) is 1. The molecule has 88 valence electrons. The Labute approximate surface area is 96.9 Å². The van der Waals surface area contributed by atoms with Crippen molar-refractivity contribution < 1.29 is 13.5 Å². The predicted molar refractivity (Wildman–Crippen MR) is 59.3 cm³/mol. The smallest absolute Gasteiger partial charge is 0.167 e. The van der Waals surface area contributed by atoms with Crippen LogP contribution in [0.5, 0.6) is 5.75 Å². The fourth-order valence-corrected chi connectivity index (χ4v) is 1.32. The molecule has 0 amide bonds. The number of pyridine rings is 1. The molecule has 5 heteroatoms. The minimum atomic E-state index is -0.743. The highest BCUT2D eigenvalue weighted by Crippen LogP contribution is 2.19. The zero-order valence-corrected chi connectivity index (χ0v) is 8.86. The van der Waals surface area contributed by atoms with Crippen molar-refractivity contribution in [1.29, 1.82) is 0 Å². The highest BCUT2D eigenvalue weighted by molar-refractivity contribution is 5.38. The van der Waals surface area contributed by atoms with E-state index < -0.39 is 11.6 Å². The van der Waals surface area contributed by atoms with Crippen LogP contribution in [0.2, 0.25) is 0 Å². The molecule has 2 rings (SSSR count). The van der Waals surface area contributed by atoms with E-state index in [9.17, 15) is 8.78 Å². The second-order valence-corrected chi connectivity index (χ2v) is 3.41. The number of ether oxygens (including phenoxy) is 1. The van der Waals surface area contributed by atoms with E-state index in [0.29, 0.717) is 11.4 Å². The minimum absolute atomic E-state index is 0.0188. The van der Waals surface area contributed by atoms with Crippen molar-refractivity contribution >= 4 is 5.82 Å². The van der Waals surface area contributed by atoms with E-state index in [1.54, 1.807) is 18.3 Å². The van der Waals surface area contributed by atoms with Crippen LogP contribution >= 0.6 is 0 Å². The number of hydrogen-bond donors (Lipinski definition) is 1. The number of benzene rings is 1. The monoisotopic (exact) mass is 236 g/mol. The van der Waals surface area contributed by atoms with Crippen molar-refractivity contribution in [3.63, 3.8) is 0 Å². The van der Waals surface area contributed by atoms with Gasteiger partial charge in [-0.05, 0) is 18.2 Å². The number of hydrogen-bond acceptors (Lipinski definition) is 3. The zero-order chi connectivity index (χ0) is 12.3. The van der Waals surface area contributed by atoms with Crippen LogP contribution in [0.25, 0.3) is 0 Å². The second kappa shape index (κ2) is 4.78. The normalized spacial score (nSPS) is 10.2. The maximum atomic E-state index is 13.2. The van der Waals surface area contributed by atoms with Crippen molar-refractivity contribution in [2.45, 2.75) is 6.61 Å². The van der Waals surface area contributed by atoms with Gasteiger partial charge in [-0.15, -0.1) is 0 Å². The second-order valence-electron chi connectivity index (χ2n) is 3.41. The van der Waals surface area contributed by atoms with Gasteiger partial charge in [-0.2, -0.15) is 0 Å². The number of nitrogens with two attached hydrogens (primary N) is 1. The van der Waals surface area contributed by atoms with Crippen molar-refractivity contribution in [2.75, 3.05) is 5.73 Å². The van der Waals surface area contributed by atoms with Gasteiger partial charge in [0.2, 0.25) is 0 Å². The Morgan fingerprint density at radius 1 is 1.24 bits per heavy atom. The molecule has 0 unspecified atom stereocenters. The van der Waals surface area contributed by atoms with Crippen LogP contribution in [0.1, 0.15) is 5.56 Å². The molecule has 0 aliphatic heterocycles. The summed E-state index contributed by atoms with van der Waals surface area (Å²) < 4.78 is 31.1. The Bertz CT molecular complexity index is 532. The first-order valence-electron chi connectivity index (χ1n) is 4.94. The van der Waals surface area contributed by atoms with Gasteiger partial charge in [-0.3, -0.25) is 0 Å². The summed E-state index contributed by atoms with van der Waals surface area (Å²) in [6.07, 6.45) is 1.55. The molecule has 2 aromatic rings. The lowest BCUT2D eigenvalue weighted by atomic mass is 10.2. The summed E-state index contributed by atoms with van der Waals surface area (Å²) in [5, 5.41) is 0. The Kier molecular flexibility index (Phi) is 3.18. The first-order valence-corrected chi connectivity index (χ1v) is 4.94. The molecule has 0 fully saturated rings. The zero-order valence-electron chi connectivity index (χ0n) is 8.86. The fraction of sp³-hybridized carbons (Fsp3) is 0.0833. The van der Waals surface area contributed by atoms with E-state index in [0.717, 1.165) is 12.1 Å². The summed E-state index contributed by atoms with van der Waals surface area (Å²) in [6.45, 7) is 0.0855. The molecule has 0 bridgehead atoms. The number of halogens is 2. The SMILES string of the molecule is Nc1ncccc1COc1ccc(F)cc1F. The summed E-state index contributed by atoms with van der Waals surface area (Å²) in [5.41, 5.74) is 6.25. The third kappa shape index (κ3) is 2.69. The summed E-state index contributed by atoms with van der Waals surface area (Å²) in [6, 6.07) is 6.56. The lowest BCUT2D eigenvalue weighted by Crippen LogP contribution is -2.02. The Hall–Kier alpha value is -2.17. The number of anilines is 1. The van der Waals surface area contributed by atoms with E-state index in [-0.39, 0.29) is 12.4 Å². The molecule has 0 spiro atoms. The van der Waals surface area contributed by atoms with Gasteiger partial charge < -0.3 is 10.5 Å². The highest BCUT2D eigenvalue weighted by Gasteiger charge is 2.06. The summed E-state index contributed by atoms with van der Waals surface area (Å²) >= 11 is 0. The average molecular weight is 236 g/mol. The molecule has 2 N–H and O–H groups in total. The molecule has 0 radical (unpaired) electrons. The largest absolute Gasteiger partial charge is 0.486 e. The predicted octanol–water partition coefficient (Wildman–Crippen LogP) is 2.52. The van der Waals surface area contributed by atoms with Crippen molar-refractivity contribution in [3.05, 3.63) is 53.7 Å². The average Bonchev–Trinajstić information content (AvgIpc) is 2.30. The van der Waals surface area contributed by atoms with Crippen molar-refractivity contribution in [3.8, 4) is 5.75 Å². The van der Waals surface area contributed by atoms with E-state index in [1.165, 1.54) is 6.07 Å². The molecule has 0 saturated heterocycles. The molecule has 17 heavy (non-hydrogen) atoms. The lowest BCUT2D eigenvalue weighted by Gasteiger charge is -2.08. The van der Waals surface area contributed by atoms with Gasteiger partial charge in [0.15, 0.2) is 11.6 Å². The number of nitrogen functional groups attached to an aromatic ring is 1. The van der Waals surface area contributed by atoms with Crippen LogP contribution in [0.4, 0.5) is 14.6 Å². The molecule has 1 aromatic carbocycles. The molecule has 0 aliphatic rings. The molecule has 0 atom stereocenters. The maximum absolute atomic E-state index is 13.2. The van der Waals surface area contributed by atoms with Gasteiger partial charge >= 0.3 is 0 Å². The Morgan fingerprint density at radius 2 is 2.06 bits per heavy atom. The summed E-state index contributed by atoms with van der Waals surface area (Å²) in [5.74, 6) is -1.08. The van der Waals surface area contributed by atoms with E-state index >= 15 is 0 Å². The molecular weight excluding hydrogens is 226 g/mol. The molecule has 0 saturated carbocycles. The van der Waals surface area contributed by atoms with Crippen LogP contribution in [0.15, 0.2) is 36.5 Å². The molecular formula is C12H10F2N2O. The third-order valence-corrected chi connectivity index (χ3v) is 2.20.